The summed E-state index contributed by atoms with van der Waals surface area (Å²) in [6.45, 7) is 0. The Morgan fingerprint density at radius 1 is 0.409 bits per heavy atom. The lowest BCUT2D eigenvalue weighted by atomic mass is 10.2. The van der Waals surface area contributed by atoms with Crippen LogP contribution in [0.3, 0.4) is 0 Å². The van der Waals surface area contributed by atoms with Gasteiger partial charge in [0.25, 0.3) is 0 Å². The maximum Gasteiger partial charge on any atom is 0.0167 e. The number of rotatable bonds is 3. The molecule has 1 heteroatoms. The van der Waals surface area contributed by atoms with Crippen molar-refractivity contribution in [2.75, 3.05) is 0 Å². The first-order chi connectivity index (χ1) is 10.9. The van der Waals surface area contributed by atoms with Gasteiger partial charge in [0.15, 0.2) is 0 Å². The van der Waals surface area contributed by atoms with E-state index in [1.807, 2.05) is 0 Å². The zero-order chi connectivity index (χ0) is 14.8. The standard InChI is InChI=1S/C21H21P/c1-2-6-12-17(11-5-1)22(18-13-7-3-4-8-14-18)21-19-15-9-10-16-20(19)21/h1-21H. The van der Waals surface area contributed by atoms with Gasteiger partial charge in [-0.1, -0.05) is 105 Å². The molecule has 2 unspecified atom stereocenters. The molecule has 0 saturated heterocycles. The molecule has 0 bridgehead atoms. The number of allylic oxidation sites excluding steroid dienone is 16. The van der Waals surface area contributed by atoms with Crippen molar-refractivity contribution in [1.82, 2.24) is 0 Å². The fourth-order valence-corrected chi connectivity index (χ4v) is 7.38. The number of hydrogen-bond donors (Lipinski definition) is 0. The molecule has 0 aromatic rings. The quantitative estimate of drug-likeness (QED) is 0.620. The van der Waals surface area contributed by atoms with Crippen LogP contribution in [0.5, 0.6) is 0 Å². The van der Waals surface area contributed by atoms with Gasteiger partial charge in [-0.3, -0.25) is 0 Å². The number of fused-ring (bicyclic) bond motifs is 1. The van der Waals surface area contributed by atoms with Gasteiger partial charge in [-0.25, -0.2) is 0 Å². The summed E-state index contributed by atoms with van der Waals surface area (Å²) in [6.07, 6.45) is 36.4. The Balaban J connectivity index is 1.66. The lowest BCUT2D eigenvalue weighted by Gasteiger charge is -2.29. The summed E-state index contributed by atoms with van der Waals surface area (Å²) >= 11 is 0. The van der Waals surface area contributed by atoms with Crippen LogP contribution in [-0.2, 0) is 0 Å². The van der Waals surface area contributed by atoms with Crippen molar-refractivity contribution in [3.05, 3.63) is 97.2 Å². The van der Waals surface area contributed by atoms with Crippen molar-refractivity contribution in [1.29, 1.82) is 0 Å². The first-order valence-electron chi connectivity index (χ1n) is 8.11. The summed E-state index contributed by atoms with van der Waals surface area (Å²) in [4.78, 5) is 0. The lowest BCUT2D eigenvalue weighted by molar-refractivity contribution is 0.981. The minimum Gasteiger partial charge on any atom is -0.0802 e. The van der Waals surface area contributed by atoms with E-state index in [4.69, 9.17) is 0 Å². The second-order valence-corrected chi connectivity index (χ2v) is 8.84. The number of hydrogen-bond acceptors (Lipinski definition) is 0. The smallest absolute Gasteiger partial charge is 0.0167 e. The molecule has 0 aromatic carbocycles. The predicted molar refractivity (Wildman–Crippen MR) is 98.4 cm³/mol. The Morgan fingerprint density at radius 2 is 0.773 bits per heavy atom. The van der Waals surface area contributed by atoms with Crippen LogP contribution in [-0.4, -0.2) is 17.0 Å². The van der Waals surface area contributed by atoms with E-state index >= 15 is 0 Å². The summed E-state index contributed by atoms with van der Waals surface area (Å²) in [5.41, 5.74) is 1.96. The molecular weight excluding hydrogens is 283 g/mol. The third-order valence-corrected chi connectivity index (χ3v) is 8.25. The molecular formula is C21H21P. The molecule has 0 nitrogen and oxygen atoms in total. The second kappa shape index (κ2) is 6.23. The molecule has 0 N–H and O–H groups in total. The predicted octanol–water partition coefficient (Wildman–Crippen LogP) is 5.31. The van der Waals surface area contributed by atoms with Gasteiger partial charge in [0.1, 0.15) is 0 Å². The minimum absolute atomic E-state index is 0.159. The first kappa shape index (κ1) is 14.0. The molecule has 0 radical (unpaired) electrons. The fraction of sp³-hybridized carbons (Fsp3) is 0.238. The van der Waals surface area contributed by atoms with Crippen LogP contribution in [0.15, 0.2) is 97.2 Å². The highest BCUT2D eigenvalue weighted by Gasteiger charge is 2.53. The van der Waals surface area contributed by atoms with E-state index in [0.717, 1.165) is 17.5 Å². The van der Waals surface area contributed by atoms with Crippen molar-refractivity contribution in [2.45, 2.75) is 17.0 Å². The van der Waals surface area contributed by atoms with Crippen LogP contribution in [0.25, 0.3) is 0 Å². The van der Waals surface area contributed by atoms with Gasteiger partial charge >= 0.3 is 0 Å². The van der Waals surface area contributed by atoms with Crippen molar-refractivity contribution in [3.8, 4) is 0 Å². The third kappa shape index (κ3) is 2.69. The molecule has 0 aromatic heterocycles. The van der Waals surface area contributed by atoms with Crippen LogP contribution in [0.2, 0.25) is 0 Å². The molecule has 0 aliphatic heterocycles. The van der Waals surface area contributed by atoms with Gasteiger partial charge in [0.2, 0.25) is 0 Å². The molecule has 22 heavy (non-hydrogen) atoms. The maximum atomic E-state index is 2.43. The van der Waals surface area contributed by atoms with Crippen LogP contribution >= 0.6 is 7.92 Å². The third-order valence-electron chi connectivity index (χ3n) is 4.80. The normalized spacial score (nSPS) is 32.5. The SMILES string of the molecule is C1=CC=CC(P(C2C=CC=CC=C2)C2C3C=CC=CC32)C=C1. The topological polar surface area (TPSA) is 0 Å². The molecule has 0 spiro atoms. The van der Waals surface area contributed by atoms with Crippen molar-refractivity contribution < 1.29 is 0 Å². The van der Waals surface area contributed by atoms with Crippen molar-refractivity contribution in [3.63, 3.8) is 0 Å². The van der Waals surface area contributed by atoms with Crippen molar-refractivity contribution in [2.24, 2.45) is 11.8 Å². The zero-order valence-electron chi connectivity index (χ0n) is 12.6. The second-order valence-electron chi connectivity index (χ2n) is 6.15. The Morgan fingerprint density at radius 3 is 1.18 bits per heavy atom. The largest absolute Gasteiger partial charge is 0.0802 e. The molecule has 0 amide bonds. The Hall–Kier alpha value is -1.65. The van der Waals surface area contributed by atoms with Crippen LogP contribution in [0, 0.1) is 11.8 Å². The molecule has 110 valence electrons. The van der Waals surface area contributed by atoms with Crippen LogP contribution in [0.1, 0.15) is 0 Å². The molecule has 1 fully saturated rings. The zero-order valence-corrected chi connectivity index (χ0v) is 13.5. The summed E-state index contributed by atoms with van der Waals surface area (Å²) in [6, 6.07) is 0. The molecule has 1 saturated carbocycles. The fourth-order valence-electron chi connectivity index (χ4n) is 3.70. The van der Waals surface area contributed by atoms with Gasteiger partial charge in [-0.15, -0.1) is 0 Å². The highest BCUT2D eigenvalue weighted by molar-refractivity contribution is 7.61. The molecule has 2 atom stereocenters. The summed E-state index contributed by atoms with van der Waals surface area (Å²) < 4.78 is 0. The van der Waals surface area contributed by atoms with E-state index in [9.17, 15) is 0 Å². The highest BCUT2D eigenvalue weighted by atomic mass is 31.1. The van der Waals surface area contributed by atoms with Gasteiger partial charge in [-0.05, 0) is 17.5 Å². The Labute approximate surface area is 134 Å². The van der Waals surface area contributed by atoms with E-state index in [1.54, 1.807) is 0 Å². The van der Waals surface area contributed by atoms with Gasteiger partial charge in [0, 0.05) is 11.3 Å². The minimum atomic E-state index is -0.159. The van der Waals surface area contributed by atoms with E-state index < -0.39 is 0 Å². The van der Waals surface area contributed by atoms with E-state index in [1.165, 1.54) is 0 Å². The summed E-state index contributed by atoms with van der Waals surface area (Å²) in [7, 11) is -0.159. The van der Waals surface area contributed by atoms with Crippen molar-refractivity contribution >= 4 is 7.92 Å². The molecule has 4 rings (SSSR count). The molecule has 4 aliphatic carbocycles. The van der Waals surface area contributed by atoms with Gasteiger partial charge in [0.05, 0.1) is 0 Å². The average molecular weight is 304 g/mol. The van der Waals surface area contributed by atoms with E-state index in [0.29, 0.717) is 11.3 Å². The Bertz CT molecular complexity index is 565. The maximum absolute atomic E-state index is 2.43. The van der Waals surface area contributed by atoms with Gasteiger partial charge in [-0.2, -0.15) is 0 Å². The highest BCUT2D eigenvalue weighted by Crippen LogP contribution is 2.68. The van der Waals surface area contributed by atoms with E-state index in [-0.39, 0.29) is 7.92 Å². The molecule has 0 heterocycles. The Kier molecular flexibility index (Phi) is 3.95. The van der Waals surface area contributed by atoms with E-state index in [2.05, 4.69) is 97.2 Å². The van der Waals surface area contributed by atoms with Crippen LogP contribution < -0.4 is 0 Å². The summed E-state index contributed by atoms with van der Waals surface area (Å²) in [5, 5.41) is 0. The first-order valence-corrected chi connectivity index (χ1v) is 9.66. The monoisotopic (exact) mass is 304 g/mol. The molecule has 4 aliphatic rings. The lowest BCUT2D eigenvalue weighted by Crippen LogP contribution is -2.13. The van der Waals surface area contributed by atoms with Gasteiger partial charge < -0.3 is 0 Å². The average Bonchev–Trinajstić information content (AvgIpc) is 3.33. The summed E-state index contributed by atoms with van der Waals surface area (Å²) in [5.74, 6) is 1.54. The van der Waals surface area contributed by atoms with Crippen LogP contribution in [0.4, 0.5) is 0 Å².